The minimum absolute atomic E-state index is 0.0529. The van der Waals surface area contributed by atoms with Crippen molar-refractivity contribution in [3.63, 3.8) is 0 Å². The van der Waals surface area contributed by atoms with Crippen LogP contribution in [0.3, 0.4) is 0 Å². The Hall–Kier alpha value is -0.960. The SMILES string of the molecule is Cc1sc(C(=O)O)cc1CN1CCC(NS(C)(=O)=O)C1. The lowest BCUT2D eigenvalue weighted by Crippen LogP contribution is -2.36. The third kappa shape index (κ3) is 4.02. The predicted octanol–water partition coefficient (Wildman–Crippen LogP) is 0.878. The van der Waals surface area contributed by atoms with Crippen LogP contribution in [0.25, 0.3) is 0 Å². The minimum Gasteiger partial charge on any atom is -0.477 e. The molecule has 1 aromatic rings. The molecule has 20 heavy (non-hydrogen) atoms. The van der Waals surface area contributed by atoms with Crippen molar-refractivity contribution in [3.8, 4) is 0 Å². The Balaban J connectivity index is 1.97. The molecule has 0 radical (unpaired) electrons. The van der Waals surface area contributed by atoms with E-state index in [1.807, 2.05) is 6.92 Å². The molecule has 2 N–H and O–H groups in total. The van der Waals surface area contributed by atoms with E-state index >= 15 is 0 Å². The maximum absolute atomic E-state index is 11.2. The molecule has 8 heteroatoms. The fraction of sp³-hybridized carbons (Fsp3) is 0.583. The maximum atomic E-state index is 11.2. The molecule has 6 nitrogen and oxygen atoms in total. The number of likely N-dealkylation sites (tertiary alicyclic amines) is 1. The van der Waals surface area contributed by atoms with Crippen molar-refractivity contribution in [1.29, 1.82) is 0 Å². The summed E-state index contributed by atoms with van der Waals surface area (Å²) in [6, 6.07) is 1.66. The number of carboxylic acids is 1. The summed E-state index contributed by atoms with van der Waals surface area (Å²) in [6.07, 6.45) is 1.94. The van der Waals surface area contributed by atoms with Gasteiger partial charge >= 0.3 is 5.97 Å². The molecule has 1 saturated heterocycles. The number of rotatable bonds is 5. The van der Waals surface area contributed by atoms with Crippen LogP contribution in [0, 0.1) is 6.92 Å². The normalized spacial score (nSPS) is 20.4. The number of carboxylic acid groups (broad SMARTS) is 1. The third-order valence-corrected chi connectivity index (χ3v) is 5.12. The fourth-order valence-corrected chi connectivity index (χ4v) is 4.07. The lowest BCUT2D eigenvalue weighted by Gasteiger charge is -2.16. The number of hydrogen-bond donors (Lipinski definition) is 2. The number of hydrogen-bond acceptors (Lipinski definition) is 5. The molecular weight excluding hydrogens is 300 g/mol. The van der Waals surface area contributed by atoms with E-state index in [4.69, 9.17) is 5.11 Å². The summed E-state index contributed by atoms with van der Waals surface area (Å²) in [5, 5.41) is 8.97. The van der Waals surface area contributed by atoms with Crippen molar-refractivity contribution in [1.82, 2.24) is 9.62 Å². The Morgan fingerprint density at radius 3 is 2.85 bits per heavy atom. The highest BCUT2D eigenvalue weighted by molar-refractivity contribution is 7.88. The Labute approximate surface area is 122 Å². The summed E-state index contributed by atoms with van der Waals surface area (Å²) in [5.41, 5.74) is 1.01. The third-order valence-electron chi connectivity index (χ3n) is 3.28. The molecule has 2 rings (SSSR count). The van der Waals surface area contributed by atoms with Gasteiger partial charge in [-0.25, -0.2) is 17.9 Å². The summed E-state index contributed by atoms with van der Waals surface area (Å²) < 4.78 is 25.0. The van der Waals surface area contributed by atoms with Crippen molar-refractivity contribution in [2.75, 3.05) is 19.3 Å². The second-order valence-corrected chi connectivity index (χ2v) is 8.14. The first-order valence-corrected chi connectivity index (χ1v) is 8.97. The molecule has 1 atom stereocenters. The van der Waals surface area contributed by atoms with Gasteiger partial charge < -0.3 is 5.11 Å². The zero-order valence-electron chi connectivity index (χ0n) is 11.4. The highest BCUT2D eigenvalue weighted by Crippen LogP contribution is 2.24. The quantitative estimate of drug-likeness (QED) is 0.841. The molecule has 0 aliphatic carbocycles. The Morgan fingerprint density at radius 1 is 1.60 bits per heavy atom. The first kappa shape index (κ1) is 15.4. The summed E-state index contributed by atoms with van der Waals surface area (Å²) in [5.74, 6) is -0.901. The second kappa shape index (κ2) is 5.80. The van der Waals surface area contributed by atoms with Gasteiger partial charge in [0.25, 0.3) is 0 Å². The van der Waals surface area contributed by atoms with Crippen LogP contribution in [0.4, 0.5) is 0 Å². The van der Waals surface area contributed by atoms with Gasteiger partial charge in [-0.05, 0) is 25.0 Å². The van der Waals surface area contributed by atoms with Crippen molar-refractivity contribution in [2.24, 2.45) is 0 Å². The Morgan fingerprint density at radius 2 is 2.30 bits per heavy atom. The molecule has 0 aromatic carbocycles. The van der Waals surface area contributed by atoms with Gasteiger partial charge in [0, 0.05) is 30.6 Å². The lowest BCUT2D eigenvalue weighted by atomic mass is 10.2. The van der Waals surface area contributed by atoms with Gasteiger partial charge in [0.1, 0.15) is 4.88 Å². The molecule has 1 aliphatic rings. The number of nitrogens with zero attached hydrogens (tertiary/aromatic N) is 1. The van der Waals surface area contributed by atoms with Crippen molar-refractivity contribution in [2.45, 2.75) is 25.9 Å². The zero-order valence-corrected chi connectivity index (χ0v) is 13.1. The first-order chi connectivity index (χ1) is 9.24. The largest absolute Gasteiger partial charge is 0.477 e. The first-order valence-electron chi connectivity index (χ1n) is 6.27. The molecule has 1 aliphatic heterocycles. The van der Waals surface area contributed by atoms with Gasteiger partial charge in [-0.1, -0.05) is 0 Å². The van der Waals surface area contributed by atoms with Crippen LogP contribution in [0.2, 0.25) is 0 Å². The van der Waals surface area contributed by atoms with Crippen LogP contribution in [-0.2, 0) is 16.6 Å². The molecule has 1 fully saturated rings. The van der Waals surface area contributed by atoms with Gasteiger partial charge in [0.05, 0.1) is 6.26 Å². The van der Waals surface area contributed by atoms with Gasteiger partial charge in [0.2, 0.25) is 10.0 Å². The number of sulfonamides is 1. The van der Waals surface area contributed by atoms with Gasteiger partial charge in [-0.2, -0.15) is 0 Å². The van der Waals surface area contributed by atoms with E-state index in [1.165, 1.54) is 11.3 Å². The highest BCUT2D eigenvalue weighted by atomic mass is 32.2. The fourth-order valence-electron chi connectivity index (χ4n) is 2.40. The molecule has 1 unspecified atom stereocenters. The molecular formula is C12H18N2O4S2. The highest BCUT2D eigenvalue weighted by Gasteiger charge is 2.25. The van der Waals surface area contributed by atoms with Crippen LogP contribution in [-0.4, -0.2) is 49.8 Å². The van der Waals surface area contributed by atoms with E-state index in [0.29, 0.717) is 18.0 Å². The topological polar surface area (TPSA) is 86.7 Å². The molecule has 2 heterocycles. The number of aryl methyl sites for hydroxylation is 1. The number of nitrogens with one attached hydrogen (secondary N) is 1. The molecule has 0 saturated carbocycles. The standard InChI is InChI=1S/C12H18N2O4S2/c1-8-9(5-11(19-8)12(15)16)6-14-4-3-10(7-14)13-20(2,17)18/h5,10,13H,3-4,6-7H2,1-2H3,(H,15,16). The smallest absolute Gasteiger partial charge is 0.345 e. The maximum Gasteiger partial charge on any atom is 0.345 e. The van der Waals surface area contributed by atoms with E-state index in [0.717, 1.165) is 29.7 Å². The minimum atomic E-state index is -3.17. The van der Waals surface area contributed by atoms with E-state index in [9.17, 15) is 13.2 Å². The number of carbonyl (C=O) groups is 1. The van der Waals surface area contributed by atoms with Crippen LogP contribution < -0.4 is 4.72 Å². The average molecular weight is 318 g/mol. The van der Waals surface area contributed by atoms with Crippen LogP contribution >= 0.6 is 11.3 Å². The molecule has 0 amide bonds. The van der Waals surface area contributed by atoms with E-state index in [1.54, 1.807) is 6.07 Å². The summed E-state index contributed by atoms with van der Waals surface area (Å²) in [7, 11) is -3.17. The number of aromatic carboxylic acids is 1. The Kier molecular flexibility index (Phi) is 4.48. The van der Waals surface area contributed by atoms with E-state index < -0.39 is 16.0 Å². The zero-order chi connectivity index (χ0) is 14.9. The summed E-state index contributed by atoms with van der Waals surface area (Å²) >= 11 is 1.28. The van der Waals surface area contributed by atoms with Crippen LogP contribution in [0.15, 0.2) is 6.07 Å². The van der Waals surface area contributed by atoms with Gasteiger partial charge in [0.15, 0.2) is 0 Å². The lowest BCUT2D eigenvalue weighted by molar-refractivity contribution is 0.0702. The molecule has 1 aromatic heterocycles. The molecule has 112 valence electrons. The predicted molar refractivity (Wildman–Crippen MR) is 77.7 cm³/mol. The van der Waals surface area contributed by atoms with E-state index in [2.05, 4.69) is 9.62 Å². The molecule has 0 bridgehead atoms. The van der Waals surface area contributed by atoms with Crippen molar-refractivity contribution >= 4 is 27.3 Å². The average Bonchev–Trinajstić information content (AvgIpc) is 2.85. The monoisotopic (exact) mass is 318 g/mol. The van der Waals surface area contributed by atoms with Crippen LogP contribution in [0.1, 0.15) is 26.5 Å². The summed E-state index contributed by atoms with van der Waals surface area (Å²) in [4.78, 5) is 14.4. The summed E-state index contributed by atoms with van der Waals surface area (Å²) in [6.45, 7) is 4.04. The van der Waals surface area contributed by atoms with Gasteiger partial charge in [-0.15, -0.1) is 11.3 Å². The van der Waals surface area contributed by atoms with Crippen molar-refractivity contribution in [3.05, 3.63) is 21.4 Å². The second-order valence-electron chi connectivity index (χ2n) is 5.11. The Bertz CT molecular complexity index is 609. The number of thiophene rings is 1. The molecule has 0 spiro atoms. The van der Waals surface area contributed by atoms with Crippen molar-refractivity contribution < 1.29 is 18.3 Å². The van der Waals surface area contributed by atoms with E-state index in [-0.39, 0.29) is 6.04 Å². The van der Waals surface area contributed by atoms with Crippen LogP contribution in [0.5, 0.6) is 0 Å². The van der Waals surface area contributed by atoms with Gasteiger partial charge in [-0.3, -0.25) is 4.90 Å².